The molecule has 2 heterocycles. The normalized spacial score (nSPS) is 33.2. The number of alkyl halides is 1. The molecule has 2 rings (SSSR count). The SMILES string of the molecule is [2H]CC1OCC(n2cc(C)c(=O)[nH]c2=O)C(F)C1O. The smallest absolute Gasteiger partial charge is 0.328 e. The average Bonchev–Trinajstić information content (AvgIpc) is 2.37. The molecule has 1 aliphatic heterocycles. The molecule has 4 atom stereocenters. The van der Waals surface area contributed by atoms with Gasteiger partial charge >= 0.3 is 5.69 Å². The zero-order chi connectivity index (χ0) is 14.2. The topological polar surface area (TPSA) is 84.3 Å². The van der Waals surface area contributed by atoms with Crippen molar-refractivity contribution in [2.24, 2.45) is 0 Å². The maximum atomic E-state index is 14.1. The van der Waals surface area contributed by atoms with Crippen LogP contribution in [0.5, 0.6) is 0 Å². The van der Waals surface area contributed by atoms with Crippen LogP contribution < -0.4 is 11.2 Å². The number of halogens is 1. The lowest BCUT2D eigenvalue weighted by atomic mass is 10.00. The molecular formula is C11H15FN2O4. The van der Waals surface area contributed by atoms with Gasteiger partial charge in [-0.15, -0.1) is 0 Å². The quantitative estimate of drug-likeness (QED) is 0.712. The van der Waals surface area contributed by atoms with E-state index in [1.807, 2.05) is 0 Å². The van der Waals surface area contributed by atoms with E-state index in [9.17, 15) is 19.1 Å². The Morgan fingerprint density at radius 3 is 3.06 bits per heavy atom. The fraction of sp³-hybridized carbons (Fsp3) is 0.636. The van der Waals surface area contributed by atoms with Gasteiger partial charge in [-0.05, 0) is 13.8 Å². The minimum Gasteiger partial charge on any atom is -0.387 e. The predicted octanol–water partition coefficient (Wildman–Crippen LogP) is -0.496. The van der Waals surface area contributed by atoms with E-state index in [0.717, 1.165) is 4.57 Å². The first-order valence-electron chi connectivity index (χ1n) is 6.21. The highest BCUT2D eigenvalue weighted by atomic mass is 19.1. The number of aryl methyl sites for hydroxylation is 1. The van der Waals surface area contributed by atoms with E-state index in [4.69, 9.17) is 6.11 Å². The van der Waals surface area contributed by atoms with Crippen molar-refractivity contribution in [3.05, 3.63) is 32.6 Å². The summed E-state index contributed by atoms with van der Waals surface area (Å²) in [5, 5.41) is 9.68. The monoisotopic (exact) mass is 259 g/mol. The number of nitrogens with zero attached hydrogens (tertiary/aromatic N) is 1. The molecule has 7 heteroatoms. The van der Waals surface area contributed by atoms with Crippen LogP contribution in [0.2, 0.25) is 0 Å². The molecule has 1 aliphatic rings. The molecule has 0 amide bonds. The Hall–Kier alpha value is -1.47. The van der Waals surface area contributed by atoms with Crippen molar-refractivity contribution in [1.29, 1.82) is 0 Å². The summed E-state index contributed by atoms with van der Waals surface area (Å²) in [7, 11) is 0. The minimum absolute atomic E-state index is 0.132. The van der Waals surface area contributed by atoms with Crippen LogP contribution in [-0.2, 0) is 4.74 Å². The zero-order valence-corrected chi connectivity index (χ0v) is 9.80. The Bertz CT molecular complexity index is 573. The summed E-state index contributed by atoms with van der Waals surface area (Å²) in [5.41, 5.74) is -1.01. The Balaban J connectivity index is 2.35. The molecule has 1 fully saturated rings. The molecule has 0 spiro atoms. The second-order valence-electron chi connectivity index (χ2n) is 4.35. The van der Waals surface area contributed by atoms with Crippen LogP contribution in [0.15, 0.2) is 15.8 Å². The first kappa shape index (κ1) is 11.6. The molecule has 0 aliphatic carbocycles. The fourth-order valence-corrected chi connectivity index (χ4v) is 1.91. The Morgan fingerprint density at radius 1 is 1.67 bits per heavy atom. The molecule has 1 aromatic heterocycles. The summed E-state index contributed by atoms with van der Waals surface area (Å²) in [6.07, 6.45) is -2.84. The maximum absolute atomic E-state index is 14.1. The average molecular weight is 259 g/mol. The van der Waals surface area contributed by atoms with Gasteiger partial charge in [-0.25, -0.2) is 9.18 Å². The lowest BCUT2D eigenvalue weighted by Gasteiger charge is -2.35. The van der Waals surface area contributed by atoms with Crippen molar-refractivity contribution in [1.82, 2.24) is 9.55 Å². The maximum Gasteiger partial charge on any atom is 0.328 e. The zero-order valence-electron chi connectivity index (χ0n) is 10.8. The summed E-state index contributed by atoms with van der Waals surface area (Å²) in [4.78, 5) is 25.0. The van der Waals surface area contributed by atoms with Gasteiger partial charge in [0, 0.05) is 13.1 Å². The molecule has 0 radical (unpaired) electrons. The van der Waals surface area contributed by atoms with E-state index in [1.54, 1.807) is 0 Å². The highest BCUT2D eigenvalue weighted by molar-refractivity contribution is 5.03. The number of nitrogens with one attached hydrogen (secondary N) is 1. The van der Waals surface area contributed by atoms with Crippen molar-refractivity contribution in [2.75, 3.05) is 6.61 Å². The third-order valence-corrected chi connectivity index (χ3v) is 3.06. The second kappa shape index (κ2) is 4.66. The van der Waals surface area contributed by atoms with E-state index in [1.165, 1.54) is 13.1 Å². The summed E-state index contributed by atoms with van der Waals surface area (Å²) in [6.45, 7) is 1.11. The number of H-pyrrole nitrogens is 1. The van der Waals surface area contributed by atoms with Gasteiger partial charge in [-0.2, -0.15) is 0 Å². The largest absolute Gasteiger partial charge is 0.387 e. The van der Waals surface area contributed by atoms with Gasteiger partial charge in [0.1, 0.15) is 6.10 Å². The first-order chi connectivity index (χ1) is 8.95. The number of aliphatic hydroxyl groups is 1. The molecule has 18 heavy (non-hydrogen) atoms. The number of aliphatic hydroxyl groups excluding tert-OH is 1. The van der Waals surface area contributed by atoms with Gasteiger partial charge in [0.15, 0.2) is 6.17 Å². The van der Waals surface area contributed by atoms with Crippen LogP contribution in [0, 0.1) is 6.92 Å². The number of ether oxygens (including phenoxy) is 1. The Kier molecular flexibility index (Phi) is 3.00. The number of rotatable bonds is 1. The lowest BCUT2D eigenvalue weighted by Crippen LogP contribution is -2.50. The number of hydrogen-bond acceptors (Lipinski definition) is 4. The van der Waals surface area contributed by atoms with Crippen LogP contribution >= 0.6 is 0 Å². The van der Waals surface area contributed by atoms with Crippen molar-refractivity contribution in [3.8, 4) is 0 Å². The van der Waals surface area contributed by atoms with E-state index in [-0.39, 0.29) is 19.1 Å². The molecule has 100 valence electrons. The molecule has 1 aromatic rings. The number of aromatic nitrogens is 2. The van der Waals surface area contributed by atoms with Crippen molar-refractivity contribution in [3.63, 3.8) is 0 Å². The summed E-state index contributed by atoms with van der Waals surface area (Å²) < 4.78 is 27.4. The molecular weight excluding hydrogens is 243 g/mol. The van der Waals surface area contributed by atoms with E-state index in [0.29, 0.717) is 0 Å². The minimum atomic E-state index is -1.73. The molecule has 0 saturated carbocycles. The van der Waals surface area contributed by atoms with Crippen LogP contribution in [0.3, 0.4) is 0 Å². The summed E-state index contributed by atoms with van der Waals surface area (Å²) in [5.74, 6) is 0. The highest BCUT2D eigenvalue weighted by Gasteiger charge is 2.39. The van der Waals surface area contributed by atoms with Crippen molar-refractivity contribution >= 4 is 0 Å². The third kappa shape index (κ3) is 2.11. The van der Waals surface area contributed by atoms with Gasteiger partial charge in [0.05, 0.1) is 18.8 Å². The molecule has 2 N–H and O–H groups in total. The molecule has 0 bridgehead atoms. The van der Waals surface area contributed by atoms with Gasteiger partial charge in [0.2, 0.25) is 0 Å². The van der Waals surface area contributed by atoms with Gasteiger partial charge < -0.3 is 9.84 Å². The summed E-state index contributed by atoms with van der Waals surface area (Å²) >= 11 is 0. The third-order valence-electron chi connectivity index (χ3n) is 3.06. The number of aromatic amines is 1. The first-order valence-corrected chi connectivity index (χ1v) is 5.50. The van der Waals surface area contributed by atoms with E-state index in [2.05, 4.69) is 4.98 Å². The Labute approximate surface area is 103 Å². The van der Waals surface area contributed by atoms with Crippen molar-refractivity contribution < 1.29 is 15.6 Å². The standard InChI is InChI=1S/C11H15FN2O4/c1-5-3-14(11(17)13-10(5)16)7-4-18-6(2)9(15)8(7)12/h3,6-9,15H,4H2,1-2H3,(H,13,16,17)/i2D. The van der Waals surface area contributed by atoms with Crippen LogP contribution in [0.25, 0.3) is 0 Å². The second-order valence-corrected chi connectivity index (χ2v) is 4.35. The fourth-order valence-electron chi connectivity index (χ4n) is 1.91. The van der Waals surface area contributed by atoms with E-state index < -0.39 is 35.7 Å². The van der Waals surface area contributed by atoms with Gasteiger partial charge in [-0.1, -0.05) is 0 Å². The van der Waals surface area contributed by atoms with Crippen LogP contribution in [0.1, 0.15) is 19.9 Å². The molecule has 6 nitrogen and oxygen atoms in total. The van der Waals surface area contributed by atoms with Crippen LogP contribution in [0.4, 0.5) is 4.39 Å². The molecule has 0 aromatic carbocycles. The van der Waals surface area contributed by atoms with Crippen molar-refractivity contribution in [2.45, 2.75) is 38.2 Å². The van der Waals surface area contributed by atoms with Gasteiger partial charge in [-0.3, -0.25) is 14.3 Å². The molecule has 1 saturated heterocycles. The predicted molar refractivity (Wildman–Crippen MR) is 61.4 cm³/mol. The number of hydrogen-bond donors (Lipinski definition) is 2. The molecule has 4 unspecified atom stereocenters. The Morgan fingerprint density at radius 2 is 2.39 bits per heavy atom. The lowest BCUT2D eigenvalue weighted by molar-refractivity contribution is -0.128. The highest BCUT2D eigenvalue weighted by Crippen LogP contribution is 2.25. The van der Waals surface area contributed by atoms with E-state index >= 15 is 0 Å². The summed E-state index contributed by atoms with van der Waals surface area (Å²) in [6, 6.07) is -1.01. The van der Waals surface area contributed by atoms with Crippen LogP contribution in [-0.4, -0.2) is 39.6 Å². The van der Waals surface area contributed by atoms with Gasteiger partial charge in [0.25, 0.3) is 5.56 Å².